The number of rotatable bonds is 3. The van der Waals surface area contributed by atoms with Crippen LogP contribution in [0.2, 0.25) is 0 Å². The van der Waals surface area contributed by atoms with E-state index in [1.54, 1.807) is 6.07 Å². The summed E-state index contributed by atoms with van der Waals surface area (Å²) in [5.74, 6) is -0.302. The van der Waals surface area contributed by atoms with Gasteiger partial charge in [0, 0.05) is 24.5 Å². The Bertz CT molecular complexity index is 475. The van der Waals surface area contributed by atoms with Crippen molar-refractivity contribution in [2.75, 3.05) is 17.6 Å². The van der Waals surface area contributed by atoms with Crippen LogP contribution in [0.5, 0.6) is 0 Å². The first-order valence-corrected chi connectivity index (χ1v) is 6.86. The SMILES string of the molecule is O=S1(=O)CCCC1CNc1ccnc(F)c1. The Hall–Kier alpha value is -1.17. The van der Waals surface area contributed by atoms with Crippen LogP contribution >= 0.6 is 0 Å². The molecule has 4 nitrogen and oxygen atoms in total. The van der Waals surface area contributed by atoms with E-state index >= 15 is 0 Å². The summed E-state index contributed by atoms with van der Waals surface area (Å²) in [4.78, 5) is 3.42. The second kappa shape index (κ2) is 4.37. The van der Waals surface area contributed by atoms with Crippen LogP contribution in [-0.4, -0.2) is 30.9 Å². The zero-order chi connectivity index (χ0) is 11.6. The van der Waals surface area contributed by atoms with E-state index in [0.717, 1.165) is 6.42 Å². The highest BCUT2D eigenvalue weighted by molar-refractivity contribution is 7.92. The zero-order valence-corrected chi connectivity index (χ0v) is 9.50. The minimum atomic E-state index is -2.94. The highest BCUT2D eigenvalue weighted by Crippen LogP contribution is 2.20. The molecule has 0 aliphatic carbocycles. The van der Waals surface area contributed by atoms with Crippen LogP contribution in [0.15, 0.2) is 18.3 Å². The minimum Gasteiger partial charge on any atom is -0.384 e. The molecule has 1 aliphatic heterocycles. The van der Waals surface area contributed by atoms with Crippen LogP contribution in [0, 0.1) is 5.95 Å². The Kier molecular flexibility index (Phi) is 3.09. The van der Waals surface area contributed by atoms with E-state index in [0.29, 0.717) is 18.7 Å². The molecule has 1 aliphatic rings. The lowest BCUT2D eigenvalue weighted by molar-refractivity contribution is 0.584. The monoisotopic (exact) mass is 244 g/mol. The third-order valence-electron chi connectivity index (χ3n) is 2.72. The third kappa shape index (κ3) is 2.49. The first-order valence-electron chi connectivity index (χ1n) is 5.15. The molecule has 16 heavy (non-hydrogen) atoms. The number of anilines is 1. The smallest absolute Gasteiger partial charge is 0.214 e. The number of pyridine rings is 1. The van der Waals surface area contributed by atoms with Crippen LogP contribution in [0.3, 0.4) is 0 Å². The Morgan fingerprint density at radius 2 is 2.38 bits per heavy atom. The van der Waals surface area contributed by atoms with E-state index in [2.05, 4.69) is 10.3 Å². The second-order valence-electron chi connectivity index (χ2n) is 3.88. The molecule has 1 N–H and O–H groups in total. The standard InChI is InChI=1S/C10H13FN2O2S/c11-10-6-8(3-4-12-10)13-7-9-2-1-5-16(9,14)15/h3-4,6,9H,1-2,5,7H2,(H,12,13). The van der Waals surface area contributed by atoms with Crippen molar-refractivity contribution >= 4 is 15.5 Å². The van der Waals surface area contributed by atoms with E-state index in [-0.39, 0.29) is 11.0 Å². The number of nitrogens with zero attached hydrogens (tertiary/aromatic N) is 1. The van der Waals surface area contributed by atoms with Crippen LogP contribution in [-0.2, 0) is 9.84 Å². The molecule has 0 radical (unpaired) electrons. The van der Waals surface area contributed by atoms with Gasteiger partial charge in [-0.15, -0.1) is 0 Å². The highest BCUT2D eigenvalue weighted by atomic mass is 32.2. The Morgan fingerprint density at radius 1 is 1.56 bits per heavy atom. The van der Waals surface area contributed by atoms with Gasteiger partial charge in [0.25, 0.3) is 0 Å². The van der Waals surface area contributed by atoms with E-state index in [4.69, 9.17) is 0 Å². The molecule has 1 atom stereocenters. The molecule has 0 saturated carbocycles. The van der Waals surface area contributed by atoms with Crippen LogP contribution in [0.4, 0.5) is 10.1 Å². The largest absolute Gasteiger partial charge is 0.384 e. The quantitative estimate of drug-likeness (QED) is 0.812. The Labute approximate surface area is 93.8 Å². The van der Waals surface area contributed by atoms with E-state index in [1.165, 1.54) is 12.3 Å². The van der Waals surface area contributed by atoms with Gasteiger partial charge in [0.1, 0.15) is 0 Å². The molecule has 1 aromatic rings. The van der Waals surface area contributed by atoms with E-state index < -0.39 is 15.8 Å². The lowest BCUT2D eigenvalue weighted by Crippen LogP contribution is -2.25. The first kappa shape index (κ1) is 11.3. The van der Waals surface area contributed by atoms with Crippen molar-refractivity contribution < 1.29 is 12.8 Å². The van der Waals surface area contributed by atoms with Crippen LogP contribution < -0.4 is 5.32 Å². The van der Waals surface area contributed by atoms with Gasteiger partial charge in [-0.1, -0.05) is 0 Å². The Balaban J connectivity index is 1.98. The van der Waals surface area contributed by atoms with Crippen molar-refractivity contribution in [3.8, 4) is 0 Å². The van der Waals surface area contributed by atoms with Gasteiger partial charge < -0.3 is 5.32 Å². The molecule has 0 aromatic carbocycles. The van der Waals surface area contributed by atoms with Gasteiger partial charge in [-0.25, -0.2) is 13.4 Å². The van der Waals surface area contributed by atoms with Gasteiger partial charge >= 0.3 is 0 Å². The van der Waals surface area contributed by atoms with Crippen molar-refractivity contribution in [3.05, 3.63) is 24.3 Å². The molecule has 0 spiro atoms. The molecule has 2 rings (SSSR count). The summed E-state index contributed by atoms with van der Waals surface area (Å²) < 4.78 is 35.8. The predicted molar refractivity (Wildman–Crippen MR) is 59.5 cm³/mol. The summed E-state index contributed by atoms with van der Waals surface area (Å²) in [7, 11) is -2.94. The summed E-state index contributed by atoms with van der Waals surface area (Å²) in [6.45, 7) is 0.339. The number of hydrogen-bond acceptors (Lipinski definition) is 4. The second-order valence-corrected chi connectivity index (χ2v) is 6.28. The van der Waals surface area contributed by atoms with Crippen molar-refractivity contribution in [1.82, 2.24) is 4.98 Å². The molecule has 1 aromatic heterocycles. The molecule has 1 unspecified atom stereocenters. The van der Waals surface area contributed by atoms with Crippen molar-refractivity contribution in [2.24, 2.45) is 0 Å². The normalized spacial score (nSPS) is 23.2. The lowest BCUT2D eigenvalue weighted by Gasteiger charge is -2.11. The Morgan fingerprint density at radius 3 is 3.00 bits per heavy atom. The third-order valence-corrected chi connectivity index (χ3v) is 5.00. The summed E-state index contributed by atoms with van der Waals surface area (Å²) in [6.07, 6.45) is 2.75. The topological polar surface area (TPSA) is 59.1 Å². The maximum absolute atomic E-state index is 12.8. The summed E-state index contributed by atoms with van der Waals surface area (Å²) in [5, 5.41) is 2.58. The molecule has 88 valence electrons. The molecule has 1 fully saturated rings. The average Bonchev–Trinajstić information content (AvgIpc) is 2.55. The molecular formula is C10H13FN2O2S. The fourth-order valence-corrected chi connectivity index (χ4v) is 3.60. The van der Waals surface area contributed by atoms with Gasteiger partial charge in [0.2, 0.25) is 5.95 Å². The number of nitrogens with one attached hydrogen (secondary N) is 1. The van der Waals surface area contributed by atoms with Crippen molar-refractivity contribution in [3.63, 3.8) is 0 Å². The number of hydrogen-bond donors (Lipinski definition) is 1. The molecule has 0 bridgehead atoms. The molecule has 6 heteroatoms. The van der Waals surface area contributed by atoms with Crippen molar-refractivity contribution in [1.29, 1.82) is 0 Å². The maximum atomic E-state index is 12.8. The molecule has 0 amide bonds. The van der Waals surface area contributed by atoms with E-state index in [9.17, 15) is 12.8 Å². The molecule has 2 heterocycles. The minimum absolute atomic E-state index is 0.268. The van der Waals surface area contributed by atoms with Gasteiger partial charge in [0.15, 0.2) is 9.84 Å². The molecular weight excluding hydrogens is 231 g/mol. The highest BCUT2D eigenvalue weighted by Gasteiger charge is 2.30. The zero-order valence-electron chi connectivity index (χ0n) is 8.69. The summed E-state index contributed by atoms with van der Waals surface area (Å²) in [5.41, 5.74) is 0.564. The van der Waals surface area contributed by atoms with Crippen LogP contribution in [0.25, 0.3) is 0 Å². The number of sulfone groups is 1. The maximum Gasteiger partial charge on any atom is 0.214 e. The fraction of sp³-hybridized carbons (Fsp3) is 0.500. The van der Waals surface area contributed by atoms with Gasteiger partial charge in [-0.3, -0.25) is 0 Å². The van der Waals surface area contributed by atoms with Crippen LogP contribution in [0.1, 0.15) is 12.8 Å². The number of aromatic nitrogens is 1. The average molecular weight is 244 g/mol. The van der Waals surface area contributed by atoms with Gasteiger partial charge in [0.05, 0.1) is 11.0 Å². The first-order chi connectivity index (χ1) is 7.58. The number of halogens is 1. The van der Waals surface area contributed by atoms with E-state index in [1.807, 2.05) is 0 Å². The predicted octanol–water partition coefficient (Wildman–Crippen LogP) is 1.21. The van der Waals surface area contributed by atoms with Crippen molar-refractivity contribution in [2.45, 2.75) is 18.1 Å². The van der Waals surface area contributed by atoms with Gasteiger partial charge in [-0.2, -0.15) is 4.39 Å². The summed E-state index contributed by atoms with van der Waals surface area (Å²) in [6, 6.07) is 2.87. The summed E-state index contributed by atoms with van der Waals surface area (Å²) >= 11 is 0. The molecule has 1 saturated heterocycles. The lowest BCUT2D eigenvalue weighted by atomic mass is 10.2. The fourth-order valence-electron chi connectivity index (χ4n) is 1.83. The van der Waals surface area contributed by atoms with Gasteiger partial charge in [-0.05, 0) is 18.9 Å².